The number of nitrogens with one attached hydrogen (secondary N) is 14. The Labute approximate surface area is 754 Å². The van der Waals surface area contributed by atoms with Gasteiger partial charge in [0.05, 0.1) is 31.3 Å². The van der Waals surface area contributed by atoms with Crippen molar-refractivity contribution >= 4 is 134 Å². The molecule has 6 aromatic rings. The molecule has 4 fully saturated rings. The first-order chi connectivity index (χ1) is 62.2. The van der Waals surface area contributed by atoms with Gasteiger partial charge in [-0.25, -0.2) is 4.98 Å². The second-order valence-electron chi connectivity index (χ2n) is 33.4. The van der Waals surface area contributed by atoms with Crippen molar-refractivity contribution in [3.63, 3.8) is 0 Å². The number of hydrogen-bond acceptors (Lipinski definition) is 22. The number of nitrogens with zero attached hydrogens (tertiary/aromatic N) is 6. The van der Waals surface area contributed by atoms with E-state index in [0.717, 1.165) is 26.5 Å². The van der Waals surface area contributed by atoms with E-state index in [1.165, 1.54) is 81.6 Å². The van der Waals surface area contributed by atoms with Gasteiger partial charge >= 0.3 is 0 Å². The van der Waals surface area contributed by atoms with Crippen LogP contribution >= 0.6 is 11.8 Å². The van der Waals surface area contributed by atoms with Crippen molar-refractivity contribution in [1.29, 1.82) is 0 Å². The van der Waals surface area contributed by atoms with Gasteiger partial charge < -0.3 is 119 Å². The summed E-state index contributed by atoms with van der Waals surface area (Å²) < 4.78 is 0. The van der Waals surface area contributed by atoms with E-state index in [4.69, 9.17) is 5.73 Å². The summed E-state index contributed by atoms with van der Waals surface area (Å²) >= 11 is 0.795. The molecular weight excluding hydrogens is 1700 g/mol. The van der Waals surface area contributed by atoms with Gasteiger partial charge in [0.25, 0.3) is 0 Å². The average Bonchev–Trinajstić information content (AvgIpc) is 1.74. The van der Waals surface area contributed by atoms with Crippen LogP contribution in [0.4, 0.5) is 0 Å². The lowest BCUT2D eigenvalue weighted by Crippen LogP contribution is -2.62. The number of rotatable bonds is 19. The summed E-state index contributed by atoms with van der Waals surface area (Å²) in [7, 11) is 3.98. The smallest absolute Gasteiger partial charge is 0.245 e. The molecule has 702 valence electrons. The highest BCUT2D eigenvalue weighted by molar-refractivity contribution is 8.00. The number of aromatic amines is 3. The Hall–Kier alpha value is -13.0. The van der Waals surface area contributed by atoms with Crippen LogP contribution in [0.25, 0.3) is 21.8 Å². The molecule has 0 saturated carbocycles. The molecule has 7 heterocycles. The number of aromatic hydroxyl groups is 1. The lowest BCUT2D eigenvalue weighted by Gasteiger charge is -2.36. The number of carbonyl (C=O) groups is 17. The Morgan fingerprint density at radius 3 is 1.76 bits per heavy atom. The predicted molar refractivity (Wildman–Crippen MR) is 475 cm³/mol. The number of benzene rings is 3. The van der Waals surface area contributed by atoms with Crippen LogP contribution < -0.4 is 64.2 Å². The molecule has 17 amide bonds. The van der Waals surface area contributed by atoms with Crippen LogP contribution in [0.3, 0.4) is 0 Å². The van der Waals surface area contributed by atoms with Crippen LogP contribution in [0.1, 0.15) is 134 Å². The number of thioether (sulfide) groups is 1. The molecule has 3 aromatic carbocycles. The molecule has 130 heavy (non-hydrogen) atoms. The number of primary amides is 1. The van der Waals surface area contributed by atoms with Gasteiger partial charge in [-0.05, 0) is 93.3 Å². The van der Waals surface area contributed by atoms with E-state index in [1.54, 1.807) is 60.9 Å². The largest absolute Gasteiger partial charge is 0.508 e. The van der Waals surface area contributed by atoms with Crippen LogP contribution in [-0.2, 0) is 107 Å². The van der Waals surface area contributed by atoms with Crippen LogP contribution in [0.15, 0.2) is 97.7 Å². The van der Waals surface area contributed by atoms with Crippen LogP contribution in [0, 0.1) is 0 Å². The zero-order valence-electron chi connectivity index (χ0n) is 73.8. The first-order valence-electron chi connectivity index (χ1n) is 43.8. The number of amides is 17. The van der Waals surface area contributed by atoms with Crippen molar-refractivity contribution in [2.45, 2.75) is 228 Å². The summed E-state index contributed by atoms with van der Waals surface area (Å²) in [5.41, 5.74) is 8.41. The number of phenols is 1. The Morgan fingerprint density at radius 1 is 0.546 bits per heavy atom. The maximum Gasteiger partial charge on any atom is 0.245 e. The number of fused-ring (bicyclic) bond motifs is 11. The first-order valence-corrected chi connectivity index (χ1v) is 45.0. The molecule has 4 aliphatic heterocycles. The number of para-hydroxylation sites is 2. The maximum absolute atomic E-state index is 15.7. The molecule has 4 saturated heterocycles. The number of phenolic OH excluding ortho intramolecular Hbond substituents is 1. The lowest BCUT2D eigenvalue weighted by molar-refractivity contribution is -0.149. The average molecular weight is 1820 g/mol. The van der Waals surface area contributed by atoms with Crippen molar-refractivity contribution in [3.8, 4) is 5.75 Å². The van der Waals surface area contributed by atoms with E-state index in [-0.39, 0.29) is 69.4 Å². The zero-order valence-corrected chi connectivity index (χ0v) is 74.6. The third-order valence-corrected chi connectivity index (χ3v) is 25.0. The first kappa shape index (κ1) is 99.2. The highest BCUT2D eigenvalue weighted by Crippen LogP contribution is 2.28. The van der Waals surface area contributed by atoms with Crippen LogP contribution in [0.5, 0.6) is 5.75 Å². The molecule has 0 unspecified atom stereocenters. The summed E-state index contributed by atoms with van der Waals surface area (Å²) in [6.45, 7) is 3.66. The fourth-order valence-electron chi connectivity index (χ4n) is 16.5. The van der Waals surface area contributed by atoms with E-state index >= 15 is 38.4 Å². The zero-order chi connectivity index (χ0) is 94.2. The van der Waals surface area contributed by atoms with Gasteiger partial charge in [-0.3, -0.25) is 81.5 Å². The fourth-order valence-corrected chi connectivity index (χ4v) is 17.3. The molecule has 19 N–H and O–H groups in total. The van der Waals surface area contributed by atoms with Crippen molar-refractivity contribution < 1.29 is 96.8 Å². The van der Waals surface area contributed by atoms with Gasteiger partial charge in [0.15, 0.2) is 0 Å². The van der Waals surface area contributed by atoms with Crippen LogP contribution in [0.2, 0.25) is 0 Å². The Morgan fingerprint density at radius 2 is 1.12 bits per heavy atom. The molecule has 15 atom stereocenters. The number of aromatic nitrogens is 4. The third-order valence-electron chi connectivity index (χ3n) is 24.0. The minimum absolute atomic E-state index is 0.0304. The van der Waals surface area contributed by atoms with E-state index < -0.39 is 249 Å². The number of aliphatic hydroxyl groups excluding tert-OH is 2. The molecule has 41 nitrogen and oxygen atoms in total. The second-order valence-corrected chi connectivity index (χ2v) is 34.4. The van der Waals surface area contributed by atoms with Gasteiger partial charge in [-0.1, -0.05) is 94.5 Å². The number of imidazole rings is 1. The molecule has 10 rings (SSSR count). The quantitative estimate of drug-likeness (QED) is 0.0376. The van der Waals surface area contributed by atoms with Gasteiger partial charge in [-0.15, -0.1) is 11.8 Å². The minimum atomic E-state index is -1.89. The number of unbranched alkanes of at least 4 members (excludes halogenated alkanes) is 3. The maximum atomic E-state index is 15.7. The highest BCUT2D eigenvalue weighted by Gasteiger charge is 2.47. The SMILES string of the molecule is CCCCC[C@H]1C(=O)N(C)[C@@H](CCCC)C(=O)N[C@@H](C)C(=O)N[C@H](C(=O)NCC(N)=O)CSCC(=O)N[C@@H](Cc2ccc(O)cc2)C(=O)N(C)[C@@H](C)C(=O)N[C@H]2CCC(=O)NCC[C@H](NC(=O)[C@H](Cc3cnc[nH]3)NC(=O)[C@@H]3CCCN3C2=O)C(=O)N2C[C@H](O)C[C@H]2C(=O)N[C@@H](Cc2c[nH]c3ccccc23)C(=O)N[C@@H](CO)C(=O)N[C@@H](Cc2c[nH]c3ccccc23)C(=O)N1C. The van der Waals surface area contributed by atoms with E-state index in [2.05, 4.69) is 78.4 Å². The highest BCUT2D eigenvalue weighted by atomic mass is 32.2. The molecule has 3 aromatic heterocycles. The van der Waals surface area contributed by atoms with Gasteiger partial charge in [0, 0.05) is 131 Å². The molecule has 2 bridgehead atoms. The summed E-state index contributed by atoms with van der Waals surface area (Å²) in [6.07, 6.45) is 4.53. The molecule has 0 aliphatic carbocycles. The minimum Gasteiger partial charge on any atom is -0.508 e. The van der Waals surface area contributed by atoms with Crippen molar-refractivity contribution in [3.05, 3.63) is 120 Å². The summed E-state index contributed by atoms with van der Waals surface area (Å²) in [5, 5.41) is 63.4. The number of aliphatic hydroxyl groups is 2. The molecular formula is C88H119N21O20S. The Kier molecular flexibility index (Phi) is 35.7. The van der Waals surface area contributed by atoms with Crippen LogP contribution in [-0.4, -0.2) is 316 Å². The summed E-state index contributed by atoms with van der Waals surface area (Å²) in [4.78, 5) is 269. The number of H-pyrrole nitrogens is 3. The fraction of sp³-hybridized carbons (Fsp3) is 0.523. The standard InChI is InChI=1S/C88H119N21O20S/c1-8-10-12-23-70-88(129)106(6)68(22-11-9-2)81(122)96-48(3)75(116)104-67(77(118)94-42-72(89)113)45-130-46-74(115)97-64(34-50-25-27-54(111)28-26-50)84(125)105(5)49(4)76(117)98-60-29-30-73(114)91-32-31-61(99-79(120)63(37-53-41-90-47-95-53)101-82(123)69-24-17-33-108(69)86(60)127)87(128)109-43-55(112)38-71(109)83(124)100-62(35-51-39-92-58-20-15-13-18-56(51)58)78(119)103-66(44-110)80(121)102-65(85(126)107(70)7)36-52-40-93-59-21-16-14-19-57(52)59/h13-16,18-21,25-28,39-41,47-49,55,60-71,92-93,110-112H,8-12,17,22-24,29-38,42-46H2,1-7H3,(H2,89,113)(H,90,95)(H,91,114)(H,94,118)(H,96,122)(H,97,115)(H,98,117)(H,99,120)(H,100,124)(H,101,123)(H,102,121)(H,103,119)(H,104,116)/t48-,49-,55+,60-,61-,62-,63-,64-,65-,66-,67-,68-,69-,70-,71-/m0/s1. The summed E-state index contributed by atoms with van der Waals surface area (Å²) in [6, 6.07) is -1.69. The number of hydrogen-bond donors (Lipinski definition) is 18. The Bertz CT molecular complexity index is 5070. The molecule has 0 radical (unpaired) electrons. The van der Waals surface area contributed by atoms with E-state index in [0.29, 0.717) is 76.3 Å². The third kappa shape index (κ3) is 26.2. The van der Waals surface area contributed by atoms with Gasteiger partial charge in [-0.2, -0.15) is 0 Å². The molecule has 0 spiro atoms. The second kappa shape index (κ2) is 46.8. The molecule has 42 heteroatoms. The monoisotopic (exact) mass is 1820 g/mol. The number of likely N-dealkylation sites (N-methyl/N-ethyl adjacent to an activating group) is 3. The van der Waals surface area contributed by atoms with Crippen molar-refractivity contribution in [2.75, 3.05) is 65.4 Å². The summed E-state index contributed by atoms with van der Waals surface area (Å²) in [5.74, 6) is -16.3. The lowest BCUT2D eigenvalue weighted by atomic mass is 9.99. The number of nitrogens with two attached hydrogens (primary N) is 1. The predicted octanol–water partition coefficient (Wildman–Crippen LogP) is -2.40. The van der Waals surface area contributed by atoms with Gasteiger partial charge in [0.1, 0.15) is 90.3 Å². The van der Waals surface area contributed by atoms with E-state index in [1.807, 2.05) is 13.8 Å². The molecule has 4 aliphatic rings. The van der Waals surface area contributed by atoms with Gasteiger partial charge in [0.2, 0.25) is 100 Å². The topological polar surface area (TPSA) is 586 Å². The Balaban J connectivity index is 1.02. The van der Waals surface area contributed by atoms with Crippen molar-refractivity contribution in [1.82, 2.24) is 103 Å². The van der Waals surface area contributed by atoms with Crippen molar-refractivity contribution in [2.24, 2.45) is 5.73 Å². The number of carbonyl (C=O) groups excluding carboxylic acids is 17. The van der Waals surface area contributed by atoms with E-state index in [9.17, 15) is 58.5 Å². The normalized spacial score (nSPS) is 26.0.